The third-order valence-corrected chi connectivity index (χ3v) is 3.43. The van der Waals surface area contributed by atoms with Crippen molar-refractivity contribution in [3.63, 3.8) is 0 Å². The molecule has 4 heteroatoms. The molecule has 0 fully saturated rings. The molecular weight excluding hydrogens is 208 g/mol. The summed E-state index contributed by atoms with van der Waals surface area (Å²) in [5.74, 6) is 0. The van der Waals surface area contributed by atoms with Crippen LogP contribution in [0.4, 0.5) is 0 Å². The van der Waals surface area contributed by atoms with E-state index in [1.165, 1.54) is 11.3 Å². The molecule has 0 aromatic carbocycles. The molecule has 1 unspecified atom stereocenters. The van der Waals surface area contributed by atoms with Crippen molar-refractivity contribution in [2.45, 2.75) is 18.9 Å². The molecule has 0 aliphatic carbocycles. The third-order valence-electron chi connectivity index (χ3n) is 2.51. The van der Waals surface area contributed by atoms with E-state index in [-0.39, 0.29) is 0 Å². The van der Waals surface area contributed by atoms with E-state index in [1.54, 1.807) is 24.1 Å². The second-order valence-electron chi connectivity index (χ2n) is 3.32. The van der Waals surface area contributed by atoms with E-state index in [4.69, 9.17) is 0 Å². The predicted molar refractivity (Wildman–Crippen MR) is 59.6 cm³/mol. The second kappa shape index (κ2) is 4.08. The van der Waals surface area contributed by atoms with Crippen molar-refractivity contribution in [1.29, 1.82) is 0 Å². The number of hydrogen-bond acceptors (Lipinski definition) is 4. The van der Waals surface area contributed by atoms with Gasteiger partial charge in [0.15, 0.2) is 0 Å². The van der Waals surface area contributed by atoms with Gasteiger partial charge in [-0.15, -0.1) is 11.3 Å². The maximum atomic E-state index is 10.6. The number of thiazole rings is 1. The van der Waals surface area contributed by atoms with Crippen molar-refractivity contribution in [2.75, 3.05) is 0 Å². The Labute approximate surface area is 92.5 Å². The summed E-state index contributed by atoms with van der Waals surface area (Å²) in [6.07, 6.45) is 5.72. The van der Waals surface area contributed by atoms with Crippen molar-refractivity contribution in [1.82, 2.24) is 9.97 Å². The van der Waals surface area contributed by atoms with Gasteiger partial charge in [-0.2, -0.15) is 0 Å². The average molecular weight is 220 g/mol. The summed E-state index contributed by atoms with van der Waals surface area (Å²) in [7, 11) is 0. The predicted octanol–water partition coefficient (Wildman–Crippen LogP) is 2.18. The molecule has 15 heavy (non-hydrogen) atoms. The molecule has 2 rings (SSSR count). The highest BCUT2D eigenvalue weighted by molar-refractivity contribution is 7.09. The van der Waals surface area contributed by atoms with Gasteiger partial charge in [-0.3, -0.25) is 9.97 Å². The van der Waals surface area contributed by atoms with Crippen LogP contribution in [0.15, 0.2) is 36.2 Å². The van der Waals surface area contributed by atoms with Crippen LogP contribution in [0.3, 0.4) is 0 Å². The molecule has 0 aliphatic rings. The van der Waals surface area contributed by atoms with E-state index < -0.39 is 5.60 Å². The summed E-state index contributed by atoms with van der Waals surface area (Å²) in [5.41, 5.74) is 1.67. The second-order valence-corrected chi connectivity index (χ2v) is 4.20. The van der Waals surface area contributed by atoms with Gasteiger partial charge in [0, 0.05) is 18.6 Å². The van der Waals surface area contributed by atoms with Crippen LogP contribution in [0.1, 0.15) is 23.8 Å². The monoisotopic (exact) mass is 220 g/mol. The third kappa shape index (κ3) is 1.78. The van der Waals surface area contributed by atoms with Gasteiger partial charge in [0.25, 0.3) is 0 Å². The van der Waals surface area contributed by atoms with Gasteiger partial charge in [0.05, 0.1) is 10.4 Å². The fraction of sp³-hybridized carbons (Fsp3) is 0.273. The maximum absolute atomic E-state index is 10.6. The lowest BCUT2D eigenvalue weighted by Gasteiger charge is -2.25. The quantitative estimate of drug-likeness (QED) is 0.862. The number of hydrogen-bond donors (Lipinski definition) is 1. The molecule has 0 bridgehead atoms. The molecule has 0 saturated heterocycles. The zero-order valence-electron chi connectivity index (χ0n) is 8.42. The first-order valence-electron chi connectivity index (χ1n) is 4.79. The van der Waals surface area contributed by atoms with E-state index in [0.29, 0.717) is 6.42 Å². The van der Waals surface area contributed by atoms with Crippen molar-refractivity contribution < 1.29 is 5.11 Å². The lowest BCUT2D eigenvalue weighted by atomic mass is 9.91. The minimum atomic E-state index is -0.926. The fourth-order valence-electron chi connectivity index (χ4n) is 1.57. The first kappa shape index (κ1) is 10.3. The minimum Gasteiger partial charge on any atom is -0.379 e. The Morgan fingerprint density at radius 2 is 2.07 bits per heavy atom. The van der Waals surface area contributed by atoms with Crippen molar-refractivity contribution >= 4 is 11.3 Å². The Morgan fingerprint density at radius 3 is 2.60 bits per heavy atom. The van der Waals surface area contributed by atoms with E-state index >= 15 is 0 Å². The van der Waals surface area contributed by atoms with E-state index in [1.807, 2.05) is 19.1 Å². The smallest absolute Gasteiger partial charge is 0.125 e. The van der Waals surface area contributed by atoms with Crippen LogP contribution in [-0.4, -0.2) is 15.1 Å². The lowest BCUT2D eigenvalue weighted by Crippen LogP contribution is -2.24. The van der Waals surface area contributed by atoms with Crippen molar-refractivity contribution in [3.05, 3.63) is 46.7 Å². The number of aromatic nitrogens is 2. The molecule has 1 N–H and O–H groups in total. The van der Waals surface area contributed by atoms with Crippen LogP contribution in [0.5, 0.6) is 0 Å². The summed E-state index contributed by atoms with van der Waals surface area (Å²) >= 11 is 1.47. The molecule has 0 aliphatic heterocycles. The average Bonchev–Trinajstić information content (AvgIpc) is 2.83. The zero-order valence-corrected chi connectivity index (χ0v) is 9.24. The Kier molecular flexibility index (Phi) is 2.79. The summed E-state index contributed by atoms with van der Waals surface area (Å²) in [5, 5.41) is 10.6. The summed E-state index contributed by atoms with van der Waals surface area (Å²) in [6, 6.07) is 3.67. The van der Waals surface area contributed by atoms with Crippen LogP contribution in [-0.2, 0) is 5.60 Å². The van der Waals surface area contributed by atoms with Crippen LogP contribution in [0.2, 0.25) is 0 Å². The lowest BCUT2D eigenvalue weighted by molar-refractivity contribution is 0.0801. The van der Waals surface area contributed by atoms with Gasteiger partial charge in [-0.25, -0.2) is 0 Å². The Hall–Kier alpha value is -1.26. The van der Waals surface area contributed by atoms with Gasteiger partial charge in [0.1, 0.15) is 5.60 Å². The first-order valence-corrected chi connectivity index (χ1v) is 5.67. The van der Waals surface area contributed by atoms with Crippen LogP contribution < -0.4 is 0 Å². The summed E-state index contributed by atoms with van der Waals surface area (Å²) in [6.45, 7) is 1.96. The molecule has 0 spiro atoms. The highest BCUT2D eigenvalue weighted by atomic mass is 32.1. The van der Waals surface area contributed by atoms with Crippen molar-refractivity contribution in [2.24, 2.45) is 0 Å². The van der Waals surface area contributed by atoms with Crippen LogP contribution >= 0.6 is 11.3 Å². The van der Waals surface area contributed by atoms with Crippen molar-refractivity contribution in [3.8, 4) is 0 Å². The molecule has 0 radical (unpaired) electrons. The highest BCUT2D eigenvalue weighted by Gasteiger charge is 2.30. The van der Waals surface area contributed by atoms with Crippen LogP contribution in [0.25, 0.3) is 0 Å². The molecule has 3 nitrogen and oxygen atoms in total. The molecule has 78 valence electrons. The first-order chi connectivity index (χ1) is 7.27. The normalized spacial score (nSPS) is 14.8. The molecular formula is C11H12N2OS. The highest BCUT2D eigenvalue weighted by Crippen LogP contribution is 2.34. The van der Waals surface area contributed by atoms with Gasteiger partial charge in [-0.1, -0.05) is 6.92 Å². The van der Waals surface area contributed by atoms with Gasteiger partial charge >= 0.3 is 0 Å². The number of rotatable bonds is 3. The van der Waals surface area contributed by atoms with E-state index in [9.17, 15) is 5.11 Å². The molecule has 0 saturated carbocycles. The topological polar surface area (TPSA) is 46.0 Å². The Balaban J connectivity index is 2.47. The number of pyridine rings is 1. The van der Waals surface area contributed by atoms with E-state index in [2.05, 4.69) is 9.97 Å². The number of aliphatic hydroxyl groups is 1. The largest absolute Gasteiger partial charge is 0.379 e. The molecule has 2 aromatic heterocycles. The van der Waals surface area contributed by atoms with Gasteiger partial charge in [0.2, 0.25) is 0 Å². The molecule has 0 amide bonds. The van der Waals surface area contributed by atoms with Gasteiger partial charge < -0.3 is 5.11 Å². The van der Waals surface area contributed by atoms with Gasteiger partial charge in [-0.05, 0) is 24.1 Å². The Morgan fingerprint density at radius 1 is 1.33 bits per heavy atom. The summed E-state index contributed by atoms with van der Waals surface area (Å²) in [4.78, 5) is 8.83. The molecule has 2 heterocycles. The van der Waals surface area contributed by atoms with Crippen LogP contribution in [0, 0.1) is 0 Å². The summed E-state index contributed by atoms with van der Waals surface area (Å²) < 4.78 is 0. The zero-order chi connectivity index (χ0) is 10.7. The number of nitrogens with zero attached hydrogens (tertiary/aromatic N) is 2. The minimum absolute atomic E-state index is 0.624. The molecule has 2 aromatic rings. The van der Waals surface area contributed by atoms with E-state index in [0.717, 1.165) is 10.4 Å². The Bertz CT molecular complexity index is 415. The standard InChI is InChI=1S/C11H12N2OS/c1-2-11(14,10-7-13-8-15-10)9-3-5-12-6-4-9/h3-8,14H,2H2,1H3. The molecule has 1 atom stereocenters. The SMILES string of the molecule is CCC(O)(c1ccncc1)c1cncs1. The fourth-order valence-corrected chi connectivity index (χ4v) is 2.38. The maximum Gasteiger partial charge on any atom is 0.125 e.